The first-order chi connectivity index (χ1) is 7.24. The molecule has 0 aromatic carbocycles. The van der Waals surface area contributed by atoms with E-state index < -0.39 is 0 Å². The van der Waals surface area contributed by atoms with Crippen LogP contribution in [0.2, 0.25) is 0 Å². The molecule has 0 bridgehead atoms. The molecule has 1 fully saturated rings. The van der Waals surface area contributed by atoms with Crippen molar-refractivity contribution >= 4 is 0 Å². The van der Waals surface area contributed by atoms with Crippen molar-refractivity contribution in [3.8, 4) is 5.88 Å². The van der Waals surface area contributed by atoms with E-state index in [2.05, 4.69) is 15.3 Å². The third-order valence-corrected chi connectivity index (χ3v) is 2.38. The first-order valence-electron chi connectivity index (χ1n) is 5.19. The van der Waals surface area contributed by atoms with Crippen molar-refractivity contribution in [1.29, 1.82) is 0 Å². The number of aryl methyl sites for hydroxylation is 1. The van der Waals surface area contributed by atoms with Gasteiger partial charge < -0.3 is 15.0 Å². The molecule has 1 saturated heterocycles. The Morgan fingerprint density at radius 2 is 2.47 bits per heavy atom. The first kappa shape index (κ1) is 10.2. The molecule has 2 heterocycles. The van der Waals surface area contributed by atoms with Crippen molar-refractivity contribution < 1.29 is 4.74 Å². The standard InChI is InChI=1S/C10H15N3O2/c1-7-12-9(14)5-10(13-7)15-8-3-2-4-11-6-8/h5,8,11H,2-4,6H2,1H3,(H,12,13,14)/t8-/m0/s1. The van der Waals surface area contributed by atoms with Crippen LogP contribution in [0.15, 0.2) is 10.9 Å². The lowest BCUT2D eigenvalue weighted by Crippen LogP contribution is -2.37. The fourth-order valence-electron chi connectivity index (χ4n) is 1.70. The van der Waals surface area contributed by atoms with E-state index in [1.165, 1.54) is 6.07 Å². The molecule has 15 heavy (non-hydrogen) atoms. The Hall–Kier alpha value is -1.36. The zero-order chi connectivity index (χ0) is 10.7. The summed E-state index contributed by atoms with van der Waals surface area (Å²) in [7, 11) is 0. The smallest absolute Gasteiger partial charge is 0.254 e. The van der Waals surface area contributed by atoms with E-state index in [-0.39, 0.29) is 11.7 Å². The minimum atomic E-state index is -0.165. The molecule has 1 aliphatic heterocycles. The van der Waals surface area contributed by atoms with Gasteiger partial charge in [0.05, 0.1) is 6.07 Å². The van der Waals surface area contributed by atoms with Crippen LogP contribution >= 0.6 is 0 Å². The minimum absolute atomic E-state index is 0.132. The molecule has 1 aromatic rings. The van der Waals surface area contributed by atoms with E-state index in [1.807, 2.05) is 0 Å². The van der Waals surface area contributed by atoms with E-state index in [9.17, 15) is 4.79 Å². The highest BCUT2D eigenvalue weighted by atomic mass is 16.5. The first-order valence-corrected chi connectivity index (χ1v) is 5.19. The molecule has 0 spiro atoms. The molecule has 1 aliphatic rings. The maximum atomic E-state index is 11.2. The second-order valence-electron chi connectivity index (χ2n) is 3.76. The van der Waals surface area contributed by atoms with E-state index >= 15 is 0 Å². The number of nitrogens with zero attached hydrogens (tertiary/aromatic N) is 1. The SMILES string of the molecule is Cc1nc(O[C@H]2CCCNC2)cc(=O)[nH]1. The number of aromatic amines is 1. The fraction of sp³-hybridized carbons (Fsp3) is 0.600. The summed E-state index contributed by atoms with van der Waals surface area (Å²) >= 11 is 0. The summed E-state index contributed by atoms with van der Waals surface area (Å²) in [6.07, 6.45) is 2.25. The van der Waals surface area contributed by atoms with Crippen molar-refractivity contribution in [3.63, 3.8) is 0 Å². The predicted molar refractivity (Wildman–Crippen MR) is 56.1 cm³/mol. The number of aromatic nitrogens is 2. The largest absolute Gasteiger partial charge is 0.473 e. The number of nitrogens with one attached hydrogen (secondary N) is 2. The van der Waals surface area contributed by atoms with Crippen molar-refractivity contribution in [2.75, 3.05) is 13.1 Å². The van der Waals surface area contributed by atoms with Gasteiger partial charge in [0.25, 0.3) is 5.56 Å². The molecule has 82 valence electrons. The molecule has 2 N–H and O–H groups in total. The summed E-state index contributed by atoms with van der Waals surface area (Å²) < 4.78 is 5.62. The minimum Gasteiger partial charge on any atom is -0.473 e. The molecule has 0 radical (unpaired) electrons. The molecule has 1 atom stereocenters. The van der Waals surface area contributed by atoms with Gasteiger partial charge in [-0.15, -0.1) is 0 Å². The van der Waals surface area contributed by atoms with E-state index in [1.54, 1.807) is 6.92 Å². The average Bonchev–Trinajstić information content (AvgIpc) is 2.17. The number of hydrogen-bond donors (Lipinski definition) is 2. The number of piperidine rings is 1. The lowest BCUT2D eigenvalue weighted by Gasteiger charge is -2.23. The highest BCUT2D eigenvalue weighted by molar-refractivity contribution is 5.08. The summed E-state index contributed by atoms with van der Waals surface area (Å²) in [6, 6.07) is 1.39. The quantitative estimate of drug-likeness (QED) is 0.730. The zero-order valence-electron chi connectivity index (χ0n) is 8.75. The Bertz CT molecular complexity index is 382. The summed E-state index contributed by atoms with van der Waals surface area (Å²) in [5.74, 6) is 1.01. The third-order valence-electron chi connectivity index (χ3n) is 2.38. The molecule has 5 nitrogen and oxygen atoms in total. The summed E-state index contributed by atoms with van der Waals surface area (Å²) in [5.41, 5.74) is -0.165. The molecular formula is C10H15N3O2. The van der Waals surface area contributed by atoms with Gasteiger partial charge in [-0.1, -0.05) is 0 Å². The van der Waals surface area contributed by atoms with Gasteiger partial charge in [-0.2, -0.15) is 0 Å². The van der Waals surface area contributed by atoms with Crippen molar-refractivity contribution in [2.24, 2.45) is 0 Å². The average molecular weight is 209 g/mol. The van der Waals surface area contributed by atoms with Crippen LogP contribution in [-0.4, -0.2) is 29.2 Å². The van der Waals surface area contributed by atoms with Crippen LogP contribution in [0.3, 0.4) is 0 Å². The molecule has 0 unspecified atom stereocenters. The van der Waals surface area contributed by atoms with Crippen molar-refractivity contribution in [1.82, 2.24) is 15.3 Å². The van der Waals surface area contributed by atoms with Crippen LogP contribution in [0.4, 0.5) is 0 Å². The van der Waals surface area contributed by atoms with Gasteiger partial charge in [-0.05, 0) is 26.3 Å². The Balaban J connectivity index is 2.06. The Morgan fingerprint density at radius 3 is 3.13 bits per heavy atom. The molecular weight excluding hydrogens is 194 g/mol. The van der Waals surface area contributed by atoms with Gasteiger partial charge in [-0.25, -0.2) is 4.98 Å². The fourth-order valence-corrected chi connectivity index (χ4v) is 1.70. The van der Waals surface area contributed by atoms with Crippen LogP contribution in [0.1, 0.15) is 18.7 Å². The lowest BCUT2D eigenvalue weighted by molar-refractivity contribution is 0.160. The van der Waals surface area contributed by atoms with Crippen LogP contribution in [0.5, 0.6) is 5.88 Å². The highest BCUT2D eigenvalue weighted by Gasteiger charge is 2.15. The molecule has 0 amide bonds. The van der Waals surface area contributed by atoms with Gasteiger partial charge in [0.15, 0.2) is 0 Å². The monoisotopic (exact) mass is 209 g/mol. The van der Waals surface area contributed by atoms with Crippen LogP contribution in [-0.2, 0) is 0 Å². The topological polar surface area (TPSA) is 67.0 Å². The normalized spacial score (nSPS) is 21.3. The summed E-state index contributed by atoms with van der Waals surface area (Å²) in [5, 5.41) is 3.25. The summed E-state index contributed by atoms with van der Waals surface area (Å²) in [4.78, 5) is 17.9. The number of hydrogen-bond acceptors (Lipinski definition) is 4. The molecule has 0 aliphatic carbocycles. The van der Waals surface area contributed by atoms with Crippen LogP contribution in [0, 0.1) is 6.92 Å². The zero-order valence-corrected chi connectivity index (χ0v) is 8.75. The molecule has 0 saturated carbocycles. The van der Waals surface area contributed by atoms with Crippen molar-refractivity contribution in [3.05, 3.63) is 22.2 Å². The number of H-pyrrole nitrogens is 1. The predicted octanol–water partition coefficient (Wildman–Crippen LogP) is 0.209. The number of rotatable bonds is 2. The van der Waals surface area contributed by atoms with E-state index in [4.69, 9.17) is 4.74 Å². The Morgan fingerprint density at radius 1 is 1.60 bits per heavy atom. The van der Waals surface area contributed by atoms with Gasteiger partial charge in [-0.3, -0.25) is 4.79 Å². The third kappa shape index (κ3) is 2.79. The van der Waals surface area contributed by atoms with Gasteiger partial charge >= 0.3 is 0 Å². The highest BCUT2D eigenvalue weighted by Crippen LogP contribution is 2.10. The van der Waals surface area contributed by atoms with Crippen LogP contribution in [0.25, 0.3) is 0 Å². The van der Waals surface area contributed by atoms with Gasteiger partial charge in [0.2, 0.25) is 5.88 Å². The second-order valence-corrected chi connectivity index (χ2v) is 3.76. The lowest BCUT2D eigenvalue weighted by atomic mass is 10.1. The second kappa shape index (κ2) is 4.44. The van der Waals surface area contributed by atoms with E-state index in [0.717, 1.165) is 25.9 Å². The summed E-state index contributed by atoms with van der Waals surface area (Å²) in [6.45, 7) is 3.61. The van der Waals surface area contributed by atoms with Gasteiger partial charge in [0.1, 0.15) is 11.9 Å². The molecule has 1 aromatic heterocycles. The van der Waals surface area contributed by atoms with Crippen LogP contribution < -0.4 is 15.6 Å². The maximum absolute atomic E-state index is 11.2. The Kier molecular flexibility index (Phi) is 3.01. The van der Waals surface area contributed by atoms with Gasteiger partial charge in [0, 0.05) is 6.54 Å². The number of ether oxygens (including phenoxy) is 1. The molecule has 2 rings (SSSR count). The maximum Gasteiger partial charge on any atom is 0.254 e. The molecule has 5 heteroatoms. The van der Waals surface area contributed by atoms with E-state index in [0.29, 0.717) is 11.7 Å². The Labute approximate surface area is 87.9 Å². The van der Waals surface area contributed by atoms with Crippen molar-refractivity contribution in [2.45, 2.75) is 25.9 Å².